The van der Waals surface area contributed by atoms with E-state index in [-0.39, 0.29) is 0 Å². The molecule has 5 aliphatic rings. The van der Waals surface area contributed by atoms with Gasteiger partial charge in [0.2, 0.25) is 0 Å². The molecule has 2 heterocycles. The molecule has 4 saturated carbocycles. The number of allylic oxidation sites excluding steroid dienone is 2. The van der Waals surface area contributed by atoms with Gasteiger partial charge < -0.3 is 9.69 Å². The first kappa shape index (κ1) is 18.1. The number of carbonyl (C=O) groups excluding carboxylic acids is 1. The van der Waals surface area contributed by atoms with Gasteiger partial charge in [0.1, 0.15) is 13.0 Å². The van der Waals surface area contributed by atoms with E-state index in [9.17, 15) is 4.79 Å². The van der Waals surface area contributed by atoms with Gasteiger partial charge >= 0.3 is 0 Å². The summed E-state index contributed by atoms with van der Waals surface area (Å²) in [6.45, 7) is 2.87. The molecule has 1 atom stereocenters. The van der Waals surface area contributed by atoms with Crippen LogP contribution in [0, 0.1) is 29.1 Å². The molecule has 4 aliphatic carbocycles. The molecule has 0 aromatic carbocycles. The van der Waals surface area contributed by atoms with E-state index in [1.807, 2.05) is 30.7 Å². The third-order valence-electron chi connectivity index (χ3n) is 7.74. The summed E-state index contributed by atoms with van der Waals surface area (Å²) in [7, 11) is 0. The summed E-state index contributed by atoms with van der Waals surface area (Å²) in [4.78, 5) is 23.4. The van der Waals surface area contributed by atoms with Crippen molar-refractivity contribution in [2.75, 3.05) is 6.67 Å². The fraction of sp³-hybridized carbons (Fsp3) is 0.625. The smallest absolute Gasteiger partial charge is 0.126 e. The molecular formula is C24H31N3O. The van der Waals surface area contributed by atoms with E-state index < -0.39 is 5.41 Å². The van der Waals surface area contributed by atoms with Crippen molar-refractivity contribution in [3.8, 4) is 0 Å². The maximum Gasteiger partial charge on any atom is 0.126 e. The quantitative estimate of drug-likeness (QED) is 0.696. The number of rotatable bonds is 6. The van der Waals surface area contributed by atoms with Crippen LogP contribution >= 0.6 is 0 Å². The number of aldehydes is 1. The zero-order valence-corrected chi connectivity index (χ0v) is 16.8. The molecule has 4 bridgehead atoms. The highest BCUT2D eigenvalue weighted by atomic mass is 16.1. The minimum absolute atomic E-state index is 0.400. The van der Waals surface area contributed by atoms with Crippen LogP contribution in [0.4, 0.5) is 0 Å². The lowest BCUT2D eigenvalue weighted by molar-refractivity contribution is -0.115. The van der Waals surface area contributed by atoms with Gasteiger partial charge in [-0.25, -0.2) is 0 Å². The Morgan fingerprint density at radius 3 is 2.39 bits per heavy atom. The average Bonchev–Trinajstić information content (AvgIpc) is 2.69. The monoisotopic (exact) mass is 377 g/mol. The van der Waals surface area contributed by atoms with Crippen LogP contribution in [0.5, 0.6) is 0 Å². The van der Waals surface area contributed by atoms with Crippen LogP contribution in [0.3, 0.4) is 0 Å². The number of aromatic nitrogens is 1. The summed E-state index contributed by atoms with van der Waals surface area (Å²) in [5.74, 6) is 3.61. The molecule has 148 valence electrons. The second-order valence-electron chi connectivity index (χ2n) is 10.0. The van der Waals surface area contributed by atoms with Crippen LogP contribution in [0.1, 0.15) is 51.0 Å². The van der Waals surface area contributed by atoms with Gasteiger partial charge in [-0.15, -0.1) is 0 Å². The molecule has 0 N–H and O–H groups in total. The van der Waals surface area contributed by atoms with Crippen molar-refractivity contribution in [1.82, 2.24) is 9.88 Å². The first-order valence-corrected chi connectivity index (χ1v) is 10.9. The highest BCUT2D eigenvalue weighted by molar-refractivity contribution is 5.73. The Hall–Kier alpha value is -1.97. The number of carbonyl (C=O) groups is 1. The highest BCUT2D eigenvalue weighted by Crippen LogP contribution is 2.56. The average molecular weight is 378 g/mol. The molecule has 0 spiro atoms. The lowest BCUT2D eigenvalue weighted by Crippen LogP contribution is -2.56. The minimum atomic E-state index is -0.400. The Kier molecular flexibility index (Phi) is 4.60. The zero-order valence-electron chi connectivity index (χ0n) is 16.8. The number of hydrogen-bond acceptors (Lipinski definition) is 4. The summed E-state index contributed by atoms with van der Waals surface area (Å²) in [5.41, 5.74) is 2.09. The minimum Gasteiger partial charge on any atom is -0.352 e. The topological polar surface area (TPSA) is 45.6 Å². The van der Waals surface area contributed by atoms with Gasteiger partial charge in [0.05, 0.1) is 0 Å². The van der Waals surface area contributed by atoms with Crippen LogP contribution in [0.25, 0.3) is 0 Å². The maximum absolute atomic E-state index is 12.1. The van der Waals surface area contributed by atoms with E-state index >= 15 is 0 Å². The summed E-state index contributed by atoms with van der Waals surface area (Å²) >= 11 is 0. The van der Waals surface area contributed by atoms with E-state index in [2.05, 4.69) is 27.9 Å². The van der Waals surface area contributed by atoms with Crippen molar-refractivity contribution in [1.29, 1.82) is 0 Å². The third-order valence-corrected chi connectivity index (χ3v) is 7.74. The molecule has 0 saturated heterocycles. The van der Waals surface area contributed by atoms with Gasteiger partial charge in [-0.1, -0.05) is 6.92 Å². The Labute approximate surface area is 168 Å². The summed E-state index contributed by atoms with van der Waals surface area (Å²) in [5, 5.41) is 0. The van der Waals surface area contributed by atoms with E-state index in [4.69, 9.17) is 0 Å². The van der Waals surface area contributed by atoms with Gasteiger partial charge in [0.15, 0.2) is 0 Å². The fourth-order valence-electron chi connectivity index (χ4n) is 6.84. The molecule has 1 aromatic rings. The molecular weight excluding hydrogens is 346 g/mol. The Balaban J connectivity index is 1.36. The Morgan fingerprint density at radius 1 is 1.07 bits per heavy atom. The van der Waals surface area contributed by atoms with E-state index in [0.29, 0.717) is 6.04 Å². The Morgan fingerprint density at radius 2 is 1.75 bits per heavy atom. The first-order chi connectivity index (χ1) is 13.6. The molecule has 4 nitrogen and oxygen atoms in total. The highest BCUT2D eigenvalue weighted by Gasteiger charge is 2.50. The molecule has 0 radical (unpaired) electrons. The van der Waals surface area contributed by atoms with E-state index in [1.165, 1.54) is 43.4 Å². The van der Waals surface area contributed by atoms with E-state index in [0.717, 1.165) is 49.5 Å². The molecule has 1 unspecified atom stereocenters. The van der Waals surface area contributed by atoms with Crippen molar-refractivity contribution in [2.24, 2.45) is 34.1 Å². The second-order valence-corrected chi connectivity index (χ2v) is 10.0. The Bertz CT molecular complexity index is 758. The van der Waals surface area contributed by atoms with E-state index in [1.54, 1.807) is 0 Å². The largest absolute Gasteiger partial charge is 0.352 e. The molecule has 1 aliphatic heterocycles. The van der Waals surface area contributed by atoms with Crippen molar-refractivity contribution < 1.29 is 4.79 Å². The molecule has 1 aromatic heterocycles. The van der Waals surface area contributed by atoms with Crippen LogP contribution in [-0.2, 0) is 11.2 Å². The van der Waals surface area contributed by atoms with Gasteiger partial charge in [-0.2, -0.15) is 0 Å². The lowest BCUT2D eigenvalue weighted by atomic mass is 9.53. The normalized spacial score (nSPS) is 35.5. The molecule has 4 fully saturated rings. The van der Waals surface area contributed by atoms with Crippen molar-refractivity contribution in [3.05, 3.63) is 41.9 Å². The lowest BCUT2D eigenvalue weighted by Gasteiger charge is -2.58. The van der Waals surface area contributed by atoms with Crippen LogP contribution in [0.2, 0.25) is 0 Å². The van der Waals surface area contributed by atoms with Crippen LogP contribution in [0.15, 0.2) is 41.3 Å². The van der Waals surface area contributed by atoms with Crippen LogP contribution < -0.4 is 0 Å². The summed E-state index contributed by atoms with van der Waals surface area (Å²) < 4.78 is 0. The standard InChI is InChI=1S/C24H31N3O/c1-24(15-28,13-17-2-5-25-6-3-17)14-22-4-7-26-16-27(22)23-20-9-18-8-19(11-20)12-21(23)10-18/h2-7,15,18-21,23H,8-14,16H2,1H3. The molecule has 6 rings (SSSR count). The van der Waals surface area contributed by atoms with Gasteiger partial charge in [0.25, 0.3) is 0 Å². The van der Waals surface area contributed by atoms with Crippen molar-refractivity contribution in [2.45, 2.75) is 57.9 Å². The SMILES string of the molecule is CC(C=O)(CC1=CC=NCN1C1C2CC3CC(C2)CC1C3)Cc1ccncc1. The number of aliphatic imine (C=N–C) groups is 1. The van der Waals surface area contributed by atoms with Crippen molar-refractivity contribution in [3.63, 3.8) is 0 Å². The summed E-state index contributed by atoms with van der Waals surface area (Å²) in [6.07, 6.45) is 17.6. The fourth-order valence-corrected chi connectivity index (χ4v) is 6.84. The molecule has 0 amide bonds. The van der Waals surface area contributed by atoms with Gasteiger partial charge in [0, 0.05) is 35.8 Å². The number of nitrogens with zero attached hydrogens (tertiary/aromatic N) is 3. The van der Waals surface area contributed by atoms with Gasteiger partial charge in [-0.3, -0.25) is 9.98 Å². The van der Waals surface area contributed by atoms with Gasteiger partial charge in [-0.05, 0) is 92.4 Å². The molecule has 28 heavy (non-hydrogen) atoms. The third kappa shape index (κ3) is 3.31. The number of pyridine rings is 1. The predicted molar refractivity (Wildman–Crippen MR) is 111 cm³/mol. The first-order valence-electron chi connectivity index (χ1n) is 10.9. The van der Waals surface area contributed by atoms with Crippen molar-refractivity contribution >= 4 is 12.5 Å². The van der Waals surface area contributed by atoms with Crippen LogP contribution in [-0.4, -0.2) is 35.1 Å². The number of hydrogen-bond donors (Lipinski definition) is 0. The second kappa shape index (κ2) is 7.13. The molecule has 4 heteroatoms. The maximum atomic E-state index is 12.1. The zero-order chi connectivity index (χ0) is 19.1. The predicted octanol–water partition coefficient (Wildman–Crippen LogP) is 4.27. The summed E-state index contributed by atoms with van der Waals surface area (Å²) in [6, 6.07) is 4.68.